The van der Waals surface area contributed by atoms with Crippen molar-refractivity contribution in [2.75, 3.05) is 13.1 Å². The van der Waals surface area contributed by atoms with Crippen molar-refractivity contribution in [1.82, 2.24) is 4.90 Å². The number of carbonyl (C=O) groups is 4. The van der Waals surface area contributed by atoms with Gasteiger partial charge in [-0.25, -0.2) is 0 Å². The zero-order chi connectivity index (χ0) is 18.7. The highest BCUT2D eigenvalue weighted by Crippen LogP contribution is 2.08. The van der Waals surface area contributed by atoms with Gasteiger partial charge in [0, 0.05) is 19.4 Å². The number of carboxylic acid groups (broad SMARTS) is 2. The number of rotatable bonds is 12. The van der Waals surface area contributed by atoms with Gasteiger partial charge in [-0.05, 0) is 32.2 Å². The molecule has 0 aromatic carbocycles. The van der Waals surface area contributed by atoms with Crippen molar-refractivity contribution in [2.45, 2.75) is 50.6 Å². The van der Waals surface area contributed by atoms with E-state index in [1.165, 1.54) is 0 Å². The number of aliphatic carboxylic acids is 2. The highest BCUT2D eigenvalue weighted by Gasteiger charge is 2.30. The Balaban J connectivity index is 4.92. The minimum atomic E-state index is -1.14. The van der Waals surface area contributed by atoms with Crippen LogP contribution in [0, 0.1) is 0 Å². The van der Waals surface area contributed by atoms with E-state index < -0.39 is 35.8 Å². The van der Waals surface area contributed by atoms with E-state index in [0.29, 0.717) is 19.4 Å². The summed E-state index contributed by atoms with van der Waals surface area (Å²) in [7, 11) is 0. The second-order valence-corrected chi connectivity index (χ2v) is 5.40. The van der Waals surface area contributed by atoms with Gasteiger partial charge < -0.3 is 27.4 Å². The minimum absolute atomic E-state index is 0.0520. The molecule has 10 heteroatoms. The Hall–Kier alpha value is -2.04. The first-order chi connectivity index (χ1) is 11.2. The highest BCUT2D eigenvalue weighted by molar-refractivity contribution is 6.00. The molecule has 24 heavy (non-hydrogen) atoms. The van der Waals surface area contributed by atoms with E-state index in [0.717, 1.165) is 4.90 Å². The van der Waals surface area contributed by atoms with Crippen molar-refractivity contribution in [3.05, 3.63) is 0 Å². The lowest BCUT2D eigenvalue weighted by Gasteiger charge is -2.26. The van der Waals surface area contributed by atoms with Crippen LogP contribution in [-0.4, -0.2) is 64.0 Å². The highest BCUT2D eigenvalue weighted by atomic mass is 16.4. The third-order valence-corrected chi connectivity index (χ3v) is 3.34. The van der Waals surface area contributed by atoms with Gasteiger partial charge in [-0.15, -0.1) is 0 Å². The number of hydrogen-bond acceptors (Lipinski definition) is 7. The van der Waals surface area contributed by atoms with Crippen molar-refractivity contribution in [3.63, 3.8) is 0 Å². The Morgan fingerprint density at radius 3 is 1.58 bits per heavy atom. The van der Waals surface area contributed by atoms with Gasteiger partial charge in [-0.3, -0.25) is 24.1 Å². The fraction of sp³-hybridized carbons (Fsp3) is 0.714. The van der Waals surface area contributed by atoms with Crippen LogP contribution >= 0.6 is 0 Å². The standard InChI is InChI=1S/C14H26N4O6/c15-7-1-2-8-18(13(23)9(16)3-5-11(19)20)14(24)10(17)4-6-12(21)22/h9-10H,1-8,15-17H2,(H,19,20)(H,21,22)/t9-,10-/m0/s1. The summed E-state index contributed by atoms with van der Waals surface area (Å²) < 4.78 is 0. The van der Waals surface area contributed by atoms with Gasteiger partial charge in [0.05, 0.1) is 12.1 Å². The predicted molar refractivity (Wildman–Crippen MR) is 84.7 cm³/mol. The Morgan fingerprint density at radius 1 is 0.833 bits per heavy atom. The molecule has 0 spiro atoms. The van der Waals surface area contributed by atoms with E-state index in [1.807, 2.05) is 0 Å². The van der Waals surface area contributed by atoms with Crippen molar-refractivity contribution in [3.8, 4) is 0 Å². The van der Waals surface area contributed by atoms with Crippen LogP contribution in [0.2, 0.25) is 0 Å². The normalized spacial score (nSPS) is 13.1. The third kappa shape index (κ3) is 8.56. The average molecular weight is 346 g/mol. The van der Waals surface area contributed by atoms with Crippen LogP contribution in [0.5, 0.6) is 0 Å². The van der Waals surface area contributed by atoms with Crippen LogP contribution in [0.15, 0.2) is 0 Å². The van der Waals surface area contributed by atoms with Crippen LogP contribution in [-0.2, 0) is 19.2 Å². The molecular formula is C14H26N4O6. The number of hydrogen-bond donors (Lipinski definition) is 5. The molecule has 0 heterocycles. The van der Waals surface area contributed by atoms with Crippen molar-refractivity contribution in [2.24, 2.45) is 17.2 Å². The number of nitrogens with two attached hydrogens (primary N) is 3. The molecule has 0 fully saturated rings. The number of amides is 2. The maximum absolute atomic E-state index is 12.3. The molecule has 0 saturated carbocycles. The summed E-state index contributed by atoms with van der Waals surface area (Å²) in [5.74, 6) is -3.64. The lowest BCUT2D eigenvalue weighted by molar-refractivity contribution is -0.146. The predicted octanol–water partition coefficient (Wildman–Crippen LogP) is -1.54. The van der Waals surface area contributed by atoms with Crippen LogP contribution in [0.25, 0.3) is 0 Å². The molecule has 2 amide bonds. The molecule has 0 aromatic rings. The summed E-state index contributed by atoms with van der Waals surface area (Å²) in [5, 5.41) is 17.3. The first-order valence-corrected chi connectivity index (χ1v) is 7.70. The van der Waals surface area contributed by atoms with Crippen molar-refractivity contribution < 1.29 is 29.4 Å². The van der Waals surface area contributed by atoms with Gasteiger partial charge in [-0.1, -0.05) is 0 Å². The van der Waals surface area contributed by atoms with Gasteiger partial charge in [0.15, 0.2) is 0 Å². The maximum atomic E-state index is 12.3. The summed E-state index contributed by atoms with van der Waals surface area (Å²) in [4.78, 5) is 46.6. The molecule has 0 bridgehead atoms. The molecule has 10 nitrogen and oxygen atoms in total. The van der Waals surface area contributed by atoms with E-state index in [9.17, 15) is 19.2 Å². The monoisotopic (exact) mass is 346 g/mol. The lowest BCUT2D eigenvalue weighted by Crippen LogP contribution is -2.52. The fourth-order valence-electron chi connectivity index (χ4n) is 1.95. The summed E-state index contributed by atoms with van der Waals surface area (Å²) in [5.41, 5.74) is 16.7. The number of unbranched alkanes of at least 4 members (excludes halogenated alkanes) is 1. The zero-order valence-corrected chi connectivity index (χ0v) is 13.5. The van der Waals surface area contributed by atoms with Crippen molar-refractivity contribution >= 4 is 23.8 Å². The SMILES string of the molecule is NCCCCN(C(=O)[C@@H](N)CCC(=O)O)C(=O)[C@@H](N)CCC(=O)O. The Kier molecular flexibility index (Phi) is 10.5. The summed E-state index contributed by atoms with van der Waals surface area (Å²) >= 11 is 0. The van der Waals surface area contributed by atoms with Crippen LogP contribution in [0.1, 0.15) is 38.5 Å². The van der Waals surface area contributed by atoms with Gasteiger partial charge in [0.1, 0.15) is 0 Å². The number of carbonyl (C=O) groups excluding carboxylic acids is 2. The molecule has 0 aliphatic carbocycles. The van der Waals surface area contributed by atoms with Gasteiger partial charge in [0.25, 0.3) is 0 Å². The Labute approximate surface area is 139 Å². The quantitative estimate of drug-likeness (QED) is 0.261. The largest absolute Gasteiger partial charge is 0.481 e. The van der Waals surface area contributed by atoms with E-state index in [-0.39, 0.29) is 32.2 Å². The second kappa shape index (κ2) is 11.5. The summed E-state index contributed by atoms with van der Waals surface area (Å²) in [6.07, 6.45) is 0.196. The molecule has 0 unspecified atom stereocenters. The number of imide groups is 1. The van der Waals surface area contributed by atoms with Crippen LogP contribution in [0.3, 0.4) is 0 Å². The molecule has 0 aliphatic rings. The maximum Gasteiger partial charge on any atom is 0.303 e. The number of carboxylic acids is 2. The van der Waals surface area contributed by atoms with E-state index in [2.05, 4.69) is 0 Å². The Morgan fingerprint density at radius 2 is 1.25 bits per heavy atom. The molecule has 0 saturated heterocycles. The molecule has 0 aromatic heterocycles. The van der Waals surface area contributed by atoms with Crippen LogP contribution in [0.4, 0.5) is 0 Å². The van der Waals surface area contributed by atoms with Gasteiger partial charge >= 0.3 is 11.9 Å². The Bertz CT molecular complexity index is 421. The lowest BCUT2D eigenvalue weighted by atomic mass is 10.1. The average Bonchev–Trinajstić information content (AvgIpc) is 2.53. The van der Waals surface area contributed by atoms with Gasteiger partial charge in [0.2, 0.25) is 11.8 Å². The molecule has 2 atom stereocenters. The van der Waals surface area contributed by atoms with Crippen molar-refractivity contribution in [1.29, 1.82) is 0 Å². The topological polar surface area (TPSA) is 190 Å². The smallest absolute Gasteiger partial charge is 0.303 e. The minimum Gasteiger partial charge on any atom is -0.481 e. The van der Waals surface area contributed by atoms with Crippen LogP contribution < -0.4 is 17.2 Å². The molecule has 138 valence electrons. The number of nitrogens with zero attached hydrogens (tertiary/aromatic N) is 1. The zero-order valence-electron chi connectivity index (χ0n) is 13.5. The summed E-state index contributed by atoms with van der Waals surface area (Å²) in [6.45, 7) is 0.433. The molecule has 0 rings (SSSR count). The fourth-order valence-corrected chi connectivity index (χ4v) is 1.95. The van der Waals surface area contributed by atoms with E-state index >= 15 is 0 Å². The summed E-state index contributed by atoms with van der Waals surface area (Å²) in [6, 6.07) is -2.29. The first kappa shape index (κ1) is 22.0. The van der Waals surface area contributed by atoms with E-state index in [1.54, 1.807) is 0 Å². The first-order valence-electron chi connectivity index (χ1n) is 7.70. The molecule has 0 aliphatic heterocycles. The molecule has 8 N–H and O–H groups in total. The third-order valence-electron chi connectivity index (χ3n) is 3.34. The van der Waals surface area contributed by atoms with E-state index in [4.69, 9.17) is 27.4 Å². The van der Waals surface area contributed by atoms with Gasteiger partial charge in [-0.2, -0.15) is 0 Å². The second-order valence-electron chi connectivity index (χ2n) is 5.40. The molecule has 0 radical (unpaired) electrons. The molecular weight excluding hydrogens is 320 g/mol.